The number of imidazole rings is 1. The molecule has 4 heteroatoms. The molecule has 0 spiro atoms. The van der Waals surface area contributed by atoms with E-state index in [1.807, 2.05) is 24.1 Å². The minimum atomic E-state index is 0.899. The van der Waals surface area contributed by atoms with E-state index >= 15 is 0 Å². The Bertz CT molecular complexity index is 400. The Hall–Kier alpha value is -1.58. The largest absolute Gasteiger partial charge is 0.336 e. The zero-order valence-electron chi connectivity index (χ0n) is 8.51. The Morgan fingerprint density at radius 1 is 1.29 bits per heavy atom. The van der Waals surface area contributed by atoms with Crippen LogP contribution in [-0.4, -0.2) is 19.3 Å². The van der Waals surface area contributed by atoms with Gasteiger partial charge in [0, 0.05) is 24.6 Å². The number of aryl methyl sites for hydroxylation is 4. The molecule has 0 unspecified atom stereocenters. The van der Waals surface area contributed by atoms with Gasteiger partial charge in [0.1, 0.15) is 0 Å². The first kappa shape index (κ1) is 8.99. The van der Waals surface area contributed by atoms with Gasteiger partial charge in [-0.1, -0.05) is 0 Å². The average Bonchev–Trinajstić information content (AvgIpc) is 2.72. The number of hydrogen-bond donors (Lipinski definition) is 0. The molecule has 74 valence electrons. The highest BCUT2D eigenvalue weighted by molar-refractivity contribution is 5.06. The maximum Gasteiger partial charge on any atom is 0.0946 e. The molecule has 2 aromatic rings. The Labute approximate surface area is 83.2 Å². The van der Waals surface area contributed by atoms with Crippen molar-refractivity contribution < 1.29 is 0 Å². The number of nitrogens with zero attached hydrogens (tertiary/aromatic N) is 4. The van der Waals surface area contributed by atoms with Gasteiger partial charge < -0.3 is 4.57 Å². The molecule has 0 radical (unpaired) electrons. The van der Waals surface area contributed by atoms with Gasteiger partial charge in [-0.3, -0.25) is 4.68 Å². The predicted molar refractivity (Wildman–Crippen MR) is 53.9 cm³/mol. The second-order valence-corrected chi connectivity index (χ2v) is 3.45. The van der Waals surface area contributed by atoms with Crippen molar-refractivity contribution in [3.05, 3.63) is 36.2 Å². The first-order valence-corrected chi connectivity index (χ1v) is 4.72. The molecule has 0 saturated heterocycles. The molecule has 0 saturated carbocycles. The fourth-order valence-corrected chi connectivity index (χ4v) is 1.53. The minimum absolute atomic E-state index is 0.899. The Balaban J connectivity index is 2.01. The minimum Gasteiger partial charge on any atom is -0.336 e. The smallest absolute Gasteiger partial charge is 0.0946 e. The van der Waals surface area contributed by atoms with Gasteiger partial charge in [-0.15, -0.1) is 0 Å². The third-order valence-corrected chi connectivity index (χ3v) is 2.23. The Morgan fingerprint density at radius 2 is 2.14 bits per heavy atom. The predicted octanol–water partition coefficient (Wildman–Crippen LogP) is 1.40. The zero-order valence-corrected chi connectivity index (χ0v) is 8.51. The molecule has 0 aliphatic heterocycles. The molecule has 0 N–H and O–H groups in total. The highest BCUT2D eigenvalue weighted by Crippen LogP contribution is 2.01. The summed E-state index contributed by atoms with van der Waals surface area (Å²) in [6.07, 6.45) is 5.58. The summed E-state index contributed by atoms with van der Waals surface area (Å²) in [6, 6.07) is 2.09. The molecule has 2 aromatic heterocycles. The van der Waals surface area contributed by atoms with Crippen LogP contribution in [0.3, 0.4) is 0 Å². The van der Waals surface area contributed by atoms with Crippen LogP contribution in [-0.2, 0) is 13.1 Å². The van der Waals surface area contributed by atoms with Crippen molar-refractivity contribution in [1.29, 1.82) is 0 Å². The van der Waals surface area contributed by atoms with E-state index in [9.17, 15) is 0 Å². The summed E-state index contributed by atoms with van der Waals surface area (Å²) in [5, 5.41) is 4.39. The maximum absolute atomic E-state index is 4.39. The molecule has 4 nitrogen and oxygen atoms in total. The summed E-state index contributed by atoms with van der Waals surface area (Å²) < 4.78 is 4.08. The van der Waals surface area contributed by atoms with Gasteiger partial charge >= 0.3 is 0 Å². The van der Waals surface area contributed by atoms with E-state index in [0.717, 1.165) is 18.8 Å². The lowest BCUT2D eigenvalue weighted by Gasteiger charge is -2.04. The summed E-state index contributed by atoms with van der Waals surface area (Å²) in [7, 11) is 0. The quantitative estimate of drug-likeness (QED) is 0.733. The van der Waals surface area contributed by atoms with Crippen LogP contribution in [0.5, 0.6) is 0 Å². The molecule has 0 atom stereocenters. The van der Waals surface area contributed by atoms with Crippen LogP contribution in [0.1, 0.15) is 11.4 Å². The number of hydrogen-bond acceptors (Lipinski definition) is 2. The second-order valence-electron chi connectivity index (χ2n) is 3.45. The van der Waals surface area contributed by atoms with Gasteiger partial charge in [0.05, 0.1) is 18.6 Å². The molecule has 2 rings (SSSR count). The normalized spacial score (nSPS) is 10.7. The molecule has 2 heterocycles. The molecular formula is C10H14N4. The van der Waals surface area contributed by atoms with Crippen molar-refractivity contribution >= 4 is 0 Å². The first-order chi connectivity index (χ1) is 6.75. The summed E-state index contributed by atoms with van der Waals surface area (Å²) in [4.78, 5) is 4.00. The van der Waals surface area contributed by atoms with E-state index in [-0.39, 0.29) is 0 Å². The Morgan fingerprint density at radius 3 is 2.71 bits per heavy atom. The molecule has 0 fully saturated rings. The lowest BCUT2D eigenvalue weighted by Crippen LogP contribution is -2.08. The van der Waals surface area contributed by atoms with Gasteiger partial charge in [0.2, 0.25) is 0 Å². The van der Waals surface area contributed by atoms with E-state index < -0.39 is 0 Å². The van der Waals surface area contributed by atoms with E-state index in [4.69, 9.17) is 0 Å². The number of rotatable bonds is 3. The van der Waals surface area contributed by atoms with Gasteiger partial charge in [0.25, 0.3) is 0 Å². The third-order valence-electron chi connectivity index (χ3n) is 2.23. The summed E-state index contributed by atoms with van der Waals surface area (Å²) in [5.74, 6) is 0. The molecule has 0 aromatic carbocycles. The second kappa shape index (κ2) is 3.65. The molecule has 0 amide bonds. The average molecular weight is 190 g/mol. The van der Waals surface area contributed by atoms with Crippen molar-refractivity contribution in [2.45, 2.75) is 26.9 Å². The van der Waals surface area contributed by atoms with Crippen LogP contribution in [0, 0.1) is 13.8 Å². The third kappa shape index (κ3) is 1.84. The lowest BCUT2D eigenvalue weighted by molar-refractivity contribution is 0.521. The van der Waals surface area contributed by atoms with E-state index in [0.29, 0.717) is 0 Å². The monoisotopic (exact) mass is 190 g/mol. The summed E-state index contributed by atoms with van der Waals surface area (Å²) >= 11 is 0. The maximum atomic E-state index is 4.39. The van der Waals surface area contributed by atoms with E-state index in [1.54, 1.807) is 6.20 Å². The van der Waals surface area contributed by atoms with Crippen LogP contribution in [0.25, 0.3) is 0 Å². The molecule has 0 bridgehead atoms. The van der Waals surface area contributed by atoms with Crippen LogP contribution in [0.4, 0.5) is 0 Å². The topological polar surface area (TPSA) is 35.6 Å². The lowest BCUT2D eigenvalue weighted by atomic mass is 10.4. The van der Waals surface area contributed by atoms with Crippen molar-refractivity contribution in [2.24, 2.45) is 0 Å². The van der Waals surface area contributed by atoms with Crippen molar-refractivity contribution in [2.75, 3.05) is 0 Å². The molecular weight excluding hydrogens is 176 g/mol. The molecule has 0 aliphatic rings. The standard InChI is InChI=1S/C10H14N4/c1-9-7-10(2)14(12-9)6-5-13-4-3-11-8-13/h3-4,7-8H,5-6H2,1-2H3. The highest BCUT2D eigenvalue weighted by Gasteiger charge is 1.99. The van der Waals surface area contributed by atoms with Crippen LogP contribution >= 0.6 is 0 Å². The van der Waals surface area contributed by atoms with Gasteiger partial charge in [0.15, 0.2) is 0 Å². The van der Waals surface area contributed by atoms with Gasteiger partial charge in [-0.2, -0.15) is 5.10 Å². The van der Waals surface area contributed by atoms with E-state index in [1.165, 1.54) is 5.69 Å². The van der Waals surface area contributed by atoms with Gasteiger partial charge in [-0.05, 0) is 19.9 Å². The SMILES string of the molecule is Cc1cc(C)n(CCn2ccnc2)n1. The molecule has 14 heavy (non-hydrogen) atoms. The fraction of sp³-hybridized carbons (Fsp3) is 0.400. The van der Waals surface area contributed by atoms with E-state index in [2.05, 4.69) is 27.6 Å². The zero-order chi connectivity index (χ0) is 9.97. The molecule has 0 aliphatic carbocycles. The van der Waals surface area contributed by atoms with Crippen molar-refractivity contribution in [1.82, 2.24) is 19.3 Å². The highest BCUT2D eigenvalue weighted by atomic mass is 15.3. The summed E-state index contributed by atoms with van der Waals surface area (Å²) in [5.41, 5.74) is 2.29. The van der Waals surface area contributed by atoms with Crippen LogP contribution < -0.4 is 0 Å². The van der Waals surface area contributed by atoms with Crippen LogP contribution in [0.2, 0.25) is 0 Å². The van der Waals surface area contributed by atoms with Crippen molar-refractivity contribution in [3.63, 3.8) is 0 Å². The summed E-state index contributed by atoms with van der Waals surface area (Å²) in [6.45, 7) is 5.91. The van der Waals surface area contributed by atoms with Crippen LogP contribution in [0.15, 0.2) is 24.8 Å². The fourth-order valence-electron chi connectivity index (χ4n) is 1.53. The van der Waals surface area contributed by atoms with Gasteiger partial charge in [-0.25, -0.2) is 4.98 Å². The first-order valence-electron chi connectivity index (χ1n) is 4.72. The Kier molecular flexibility index (Phi) is 2.35. The van der Waals surface area contributed by atoms with Crippen molar-refractivity contribution in [3.8, 4) is 0 Å². The number of aromatic nitrogens is 4.